The Kier molecular flexibility index (Phi) is 4.41. The van der Waals surface area contributed by atoms with Crippen LogP contribution in [0.25, 0.3) is 0 Å². The summed E-state index contributed by atoms with van der Waals surface area (Å²) in [6.07, 6.45) is 1.49. The highest BCUT2D eigenvalue weighted by Crippen LogP contribution is 2.29. The van der Waals surface area contributed by atoms with Crippen molar-refractivity contribution in [1.82, 2.24) is 9.97 Å². The van der Waals surface area contributed by atoms with Gasteiger partial charge in [-0.1, -0.05) is 11.6 Å². The van der Waals surface area contributed by atoms with Crippen molar-refractivity contribution in [1.29, 1.82) is 0 Å². The van der Waals surface area contributed by atoms with Gasteiger partial charge < -0.3 is 15.4 Å². The zero-order valence-electron chi connectivity index (χ0n) is 10.8. The van der Waals surface area contributed by atoms with Crippen molar-refractivity contribution < 1.29 is 4.74 Å². The molecule has 0 bridgehead atoms. The van der Waals surface area contributed by atoms with Crippen LogP contribution in [0.2, 0.25) is 5.02 Å². The number of nitrogens with zero attached hydrogens (tertiary/aromatic N) is 2. The van der Waals surface area contributed by atoms with Crippen LogP contribution in [0.5, 0.6) is 5.75 Å². The van der Waals surface area contributed by atoms with E-state index in [-0.39, 0.29) is 0 Å². The number of hydrogen-bond donors (Lipinski definition) is 2. The molecule has 0 fully saturated rings. The van der Waals surface area contributed by atoms with E-state index in [1.807, 2.05) is 19.1 Å². The van der Waals surface area contributed by atoms with E-state index < -0.39 is 0 Å². The molecule has 100 valence electrons. The van der Waals surface area contributed by atoms with Crippen molar-refractivity contribution in [2.24, 2.45) is 0 Å². The van der Waals surface area contributed by atoms with Crippen molar-refractivity contribution in [2.75, 3.05) is 24.3 Å². The molecule has 1 aromatic heterocycles. The molecule has 2 N–H and O–H groups in total. The molecule has 0 radical (unpaired) electrons. The molecular weight excluding hydrogens is 264 g/mol. The number of benzene rings is 1. The molecule has 0 atom stereocenters. The van der Waals surface area contributed by atoms with Gasteiger partial charge in [-0.25, -0.2) is 9.97 Å². The maximum atomic E-state index is 6.13. The maximum absolute atomic E-state index is 6.13. The molecule has 0 amide bonds. The zero-order valence-corrected chi connectivity index (χ0v) is 11.5. The first-order valence-corrected chi connectivity index (χ1v) is 6.27. The zero-order chi connectivity index (χ0) is 13.7. The Morgan fingerprint density at radius 1 is 1.21 bits per heavy atom. The number of aromatic nitrogens is 2. The Balaban J connectivity index is 2.22. The van der Waals surface area contributed by atoms with Crippen molar-refractivity contribution in [3.8, 4) is 5.75 Å². The fourth-order valence-corrected chi connectivity index (χ4v) is 1.73. The monoisotopic (exact) mass is 278 g/mol. The summed E-state index contributed by atoms with van der Waals surface area (Å²) < 4.78 is 5.17. The number of ether oxygens (including phenoxy) is 1. The van der Waals surface area contributed by atoms with Crippen molar-refractivity contribution >= 4 is 28.9 Å². The molecule has 1 heterocycles. The van der Waals surface area contributed by atoms with E-state index in [9.17, 15) is 0 Å². The lowest BCUT2D eigenvalue weighted by Crippen LogP contribution is -2.01. The van der Waals surface area contributed by atoms with Crippen LogP contribution >= 0.6 is 11.6 Å². The Morgan fingerprint density at radius 3 is 2.74 bits per heavy atom. The van der Waals surface area contributed by atoms with Gasteiger partial charge in [0.2, 0.25) is 0 Å². The Labute approximate surface area is 117 Å². The van der Waals surface area contributed by atoms with Crippen molar-refractivity contribution in [3.63, 3.8) is 0 Å². The van der Waals surface area contributed by atoms with Gasteiger partial charge in [-0.3, -0.25) is 0 Å². The average molecular weight is 279 g/mol. The normalized spacial score (nSPS) is 10.1. The van der Waals surface area contributed by atoms with Crippen LogP contribution in [0.15, 0.2) is 30.6 Å². The second-order valence-corrected chi connectivity index (χ2v) is 4.20. The van der Waals surface area contributed by atoms with Crippen LogP contribution in [-0.4, -0.2) is 23.6 Å². The van der Waals surface area contributed by atoms with Crippen LogP contribution in [0, 0.1) is 0 Å². The summed E-state index contributed by atoms with van der Waals surface area (Å²) in [7, 11) is 1.61. The second-order valence-electron chi connectivity index (χ2n) is 3.79. The van der Waals surface area contributed by atoms with Crippen LogP contribution < -0.4 is 15.4 Å². The van der Waals surface area contributed by atoms with E-state index in [0.717, 1.165) is 23.8 Å². The predicted octanol–water partition coefficient (Wildman–Crippen LogP) is 3.31. The largest absolute Gasteiger partial charge is 0.497 e. The first-order valence-electron chi connectivity index (χ1n) is 5.89. The molecule has 5 nitrogen and oxygen atoms in total. The van der Waals surface area contributed by atoms with Gasteiger partial charge in [0.05, 0.1) is 17.8 Å². The van der Waals surface area contributed by atoms with E-state index in [1.165, 1.54) is 6.33 Å². The quantitative estimate of drug-likeness (QED) is 0.879. The van der Waals surface area contributed by atoms with Gasteiger partial charge in [0.15, 0.2) is 0 Å². The highest BCUT2D eigenvalue weighted by molar-refractivity contribution is 6.33. The van der Waals surface area contributed by atoms with Crippen LogP contribution in [-0.2, 0) is 0 Å². The Hall–Kier alpha value is -2.01. The lowest BCUT2D eigenvalue weighted by atomic mass is 10.3. The smallest absolute Gasteiger partial charge is 0.135 e. The first-order chi connectivity index (χ1) is 9.22. The molecule has 0 aliphatic carbocycles. The number of rotatable bonds is 5. The Morgan fingerprint density at radius 2 is 2.00 bits per heavy atom. The standard InChI is InChI=1S/C13H15ClN4O/c1-3-15-12-7-13(17-8-16-12)18-11-6-9(19-2)4-5-10(11)14/h4-8H,3H2,1-2H3,(H2,15,16,17,18). The van der Waals surface area contributed by atoms with Crippen molar-refractivity contribution in [2.45, 2.75) is 6.92 Å². The highest BCUT2D eigenvalue weighted by atomic mass is 35.5. The van der Waals surface area contributed by atoms with E-state index in [0.29, 0.717) is 10.8 Å². The minimum absolute atomic E-state index is 0.601. The summed E-state index contributed by atoms with van der Waals surface area (Å²) in [5, 5.41) is 6.87. The topological polar surface area (TPSA) is 59.1 Å². The number of hydrogen-bond acceptors (Lipinski definition) is 5. The highest BCUT2D eigenvalue weighted by Gasteiger charge is 2.04. The summed E-state index contributed by atoms with van der Waals surface area (Å²) in [5.41, 5.74) is 0.738. The molecule has 6 heteroatoms. The van der Waals surface area contributed by atoms with Crippen molar-refractivity contribution in [3.05, 3.63) is 35.6 Å². The number of methoxy groups -OCH3 is 1. The van der Waals surface area contributed by atoms with Crippen LogP contribution in [0.1, 0.15) is 6.92 Å². The average Bonchev–Trinajstić information content (AvgIpc) is 2.42. The number of halogens is 1. The molecule has 0 spiro atoms. The van der Waals surface area contributed by atoms with E-state index in [2.05, 4.69) is 20.6 Å². The van der Waals surface area contributed by atoms with Gasteiger partial charge in [0, 0.05) is 18.7 Å². The molecule has 0 aliphatic heterocycles. The van der Waals surface area contributed by atoms with Gasteiger partial charge >= 0.3 is 0 Å². The fourth-order valence-electron chi connectivity index (χ4n) is 1.57. The minimum Gasteiger partial charge on any atom is -0.497 e. The first kappa shape index (κ1) is 13.4. The summed E-state index contributed by atoms with van der Waals surface area (Å²) in [6, 6.07) is 7.21. The lowest BCUT2D eigenvalue weighted by Gasteiger charge is -2.10. The van der Waals surface area contributed by atoms with Gasteiger partial charge in [-0.2, -0.15) is 0 Å². The minimum atomic E-state index is 0.601. The van der Waals surface area contributed by atoms with Crippen LogP contribution in [0.3, 0.4) is 0 Å². The molecular formula is C13H15ClN4O. The maximum Gasteiger partial charge on any atom is 0.135 e. The molecule has 2 rings (SSSR count). The van der Waals surface area contributed by atoms with E-state index in [4.69, 9.17) is 16.3 Å². The fraction of sp³-hybridized carbons (Fsp3) is 0.231. The van der Waals surface area contributed by atoms with Gasteiger partial charge in [-0.15, -0.1) is 0 Å². The molecule has 0 unspecified atom stereocenters. The summed E-state index contributed by atoms with van der Waals surface area (Å²) in [4.78, 5) is 8.26. The summed E-state index contributed by atoms with van der Waals surface area (Å²) in [6.45, 7) is 2.81. The predicted molar refractivity (Wildman–Crippen MR) is 77.5 cm³/mol. The number of nitrogens with one attached hydrogen (secondary N) is 2. The third kappa shape index (κ3) is 3.48. The SMILES string of the molecule is CCNc1cc(Nc2cc(OC)ccc2Cl)ncn1. The molecule has 1 aromatic carbocycles. The Bertz CT molecular complexity index is 562. The van der Waals surface area contributed by atoms with Gasteiger partial charge in [0.1, 0.15) is 23.7 Å². The lowest BCUT2D eigenvalue weighted by molar-refractivity contribution is 0.415. The molecule has 2 aromatic rings. The molecule has 0 aliphatic rings. The molecule has 0 saturated heterocycles. The van der Waals surface area contributed by atoms with Gasteiger partial charge in [-0.05, 0) is 19.1 Å². The van der Waals surface area contributed by atoms with E-state index >= 15 is 0 Å². The van der Waals surface area contributed by atoms with E-state index in [1.54, 1.807) is 19.2 Å². The summed E-state index contributed by atoms with van der Waals surface area (Å²) in [5.74, 6) is 2.16. The third-order valence-electron chi connectivity index (χ3n) is 2.46. The second kappa shape index (κ2) is 6.24. The summed E-state index contributed by atoms with van der Waals surface area (Å²) >= 11 is 6.13. The third-order valence-corrected chi connectivity index (χ3v) is 2.79. The van der Waals surface area contributed by atoms with Gasteiger partial charge in [0.25, 0.3) is 0 Å². The molecule has 19 heavy (non-hydrogen) atoms. The molecule has 0 saturated carbocycles. The van der Waals surface area contributed by atoms with Crippen LogP contribution in [0.4, 0.5) is 17.3 Å². The number of anilines is 3.